The second-order valence-corrected chi connectivity index (χ2v) is 12.0. The molecule has 4 N–H and O–H groups in total. The third-order valence-electron chi connectivity index (χ3n) is 5.48. The van der Waals surface area contributed by atoms with Gasteiger partial charge in [-0.05, 0) is 56.9 Å². The number of nitrogens with one attached hydrogen (secondary N) is 3. The summed E-state index contributed by atoms with van der Waals surface area (Å²) >= 11 is 1.43. The van der Waals surface area contributed by atoms with E-state index in [2.05, 4.69) is 15.6 Å². The number of nitrogens with zero attached hydrogens (tertiary/aromatic N) is 1. The SMILES string of the molecule is CCc1csc(C(Cc2ccc(NS(=O)(=O)O)cc2)NC(=O)[C@@H](Cc2ccccc2)NC(=O)OC(C)(C)C)n1. The molecule has 1 aromatic heterocycles. The fourth-order valence-electron chi connectivity index (χ4n) is 3.72. The Kier molecular flexibility index (Phi) is 10.1. The van der Waals surface area contributed by atoms with Gasteiger partial charge in [-0.15, -0.1) is 11.3 Å². The zero-order chi connectivity index (χ0) is 28.6. The topological polar surface area (TPSA) is 147 Å². The fraction of sp³-hybridized carbons (Fsp3) is 0.370. The van der Waals surface area contributed by atoms with Crippen LogP contribution in [0.2, 0.25) is 0 Å². The summed E-state index contributed by atoms with van der Waals surface area (Å²) in [7, 11) is -4.39. The van der Waals surface area contributed by atoms with E-state index in [0.717, 1.165) is 23.2 Å². The lowest BCUT2D eigenvalue weighted by Gasteiger charge is -2.25. The molecule has 210 valence electrons. The van der Waals surface area contributed by atoms with Crippen molar-refractivity contribution in [1.82, 2.24) is 15.6 Å². The van der Waals surface area contributed by atoms with Gasteiger partial charge in [-0.25, -0.2) is 9.78 Å². The molecule has 0 saturated heterocycles. The van der Waals surface area contributed by atoms with Crippen molar-refractivity contribution < 1.29 is 27.3 Å². The highest BCUT2D eigenvalue weighted by molar-refractivity contribution is 7.87. The zero-order valence-corrected chi connectivity index (χ0v) is 23.9. The smallest absolute Gasteiger partial charge is 0.408 e. The molecule has 3 rings (SSSR count). The van der Waals surface area contributed by atoms with Crippen molar-refractivity contribution in [3.05, 3.63) is 81.8 Å². The van der Waals surface area contributed by atoms with Crippen LogP contribution in [0.25, 0.3) is 0 Å². The van der Waals surface area contributed by atoms with E-state index in [1.807, 2.05) is 47.4 Å². The van der Waals surface area contributed by atoms with Gasteiger partial charge in [0, 0.05) is 11.8 Å². The standard InChI is InChI=1S/C27H34N4O6S2/c1-5-20-17-38-25(28-20)23(16-19-11-13-21(14-12-19)31-39(34,35)36)29-24(32)22(15-18-9-7-6-8-10-18)30-26(33)37-27(2,3)4/h6-14,17,22-23,31H,5,15-16H2,1-4H3,(H,29,32)(H,30,33)(H,34,35,36)/t22-,23?/m1/s1. The van der Waals surface area contributed by atoms with Crippen LogP contribution in [-0.2, 0) is 39.1 Å². The molecular formula is C27H34N4O6S2. The summed E-state index contributed by atoms with van der Waals surface area (Å²) in [5.74, 6) is -0.396. The van der Waals surface area contributed by atoms with Gasteiger partial charge in [-0.1, -0.05) is 49.4 Å². The van der Waals surface area contributed by atoms with Crippen LogP contribution in [0.3, 0.4) is 0 Å². The van der Waals surface area contributed by atoms with Gasteiger partial charge in [0.25, 0.3) is 0 Å². The Morgan fingerprint density at radius 2 is 1.64 bits per heavy atom. The number of aromatic nitrogens is 1. The quantitative estimate of drug-likeness (QED) is 0.247. The summed E-state index contributed by atoms with van der Waals surface area (Å²) in [6, 6.07) is 14.4. The first-order chi connectivity index (χ1) is 18.3. The van der Waals surface area contributed by atoms with Gasteiger partial charge < -0.3 is 15.4 Å². The molecule has 0 aliphatic carbocycles. The van der Waals surface area contributed by atoms with Crippen LogP contribution in [0.1, 0.15) is 55.6 Å². The maximum atomic E-state index is 13.6. The molecule has 1 heterocycles. The highest BCUT2D eigenvalue weighted by Crippen LogP contribution is 2.24. The minimum atomic E-state index is -4.39. The minimum Gasteiger partial charge on any atom is -0.444 e. The van der Waals surface area contributed by atoms with Gasteiger partial charge >= 0.3 is 16.4 Å². The average molecular weight is 575 g/mol. The van der Waals surface area contributed by atoms with Gasteiger partial charge in [-0.2, -0.15) is 8.42 Å². The number of aryl methyl sites for hydroxylation is 1. The number of carbonyl (C=O) groups is 2. The van der Waals surface area contributed by atoms with Gasteiger partial charge in [0.2, 0.25) is 5.91 Å². The molecule has 2 atom stereocenters. The van der Waals surface area contributed by atoms with E-state index in [1.165, 1.54) is 23.5 Å². The molecule has 1 unspecified atom stereocenters. The summed E-state index contributed by atoms with van der Waals surface area (Å²) in [6.45, 7) is 7.24. The number of hydrogen-bond donors (Lipinski definition) is 4. The van der Waals surface area contributed by atoms with Crippen molar-refractivity contribution in [1.29, 1.82) is 0 Å². The second-order valence-electron chi connectivity index (χ2n) is 9.96. The van der Waals surface area contributed by atoms with E-state index in [0.29, 0.717) is 11.4 Å². The van der Waals surface area contributed by atoms with Gasteiger partial charge in [0.15, 0.2) is 0 Å². The minimum absolute atomic E-state index is 0.203. The predicted octanol–water partition coefficient (Wildman–Crippen LogP) is 4.46. The lowest BCUT2D eigenvalue weighted by atomic mass is 10.0. The Labute approximate surface area is 233 Å². The number of alkyl carbamates (subject to hydrolysis) is 1. The Balaban J connectivity index is 1.84. The number of rotatable bonds is 11. The summed E-state index contributed by atoms with van der Waals surface area (Å²) < 4.78 is 38.6. The van der Waals surface area contributed by atoms with E-state index in [4.69, 9.17) is 9.29 Å². The number of thiazole rings is 1. The number of amides is 2. The molecular weight excluding hydrogens is 540 g/mol. The van der Waals surface area contributed by atoms with E-state index in [9.17, 15) is 18.0 Å². The third-order valence-corrected chi connectivity index (χ3v) is 6.98. The number of carbonyl (C=O) groups excluding carboxylic acids is 2. The molecule has 12 heteroatoms. The third kappa shape index (κ3) is 10.3. The Morgan fingerprint density at radius 3 is 2.21 bits per heavy atom. The van der Waals surface area contributed by atoms with E-state index in [1.54, 1.807) is 32.9 Å². The maximum absolute atomic E-state index is 13.6. The highest BCUT2D eigenvalue weighted by atomic mass is 32.2. The zero-order valence-electron chi connectivity index (χ0n) is 22.3. The first-order valence-electron chi connectivity index (χ1n) is 12.4. The Hall–Kier alpha value is -3.48. The number of ether oxygens (including phenoxy) is 1. The van der Waals surface area contributed by atoms with Gasteiger partial charge in [-0.3, -0.25) is 14.1 Å². The van der Waals surface area contributed by atoms with Crippen molar-refractivity contribution >= 4 is 39.3 Å². The molecule has 3 aromatic rings. The molecule has 0 saturated carbocycles. The summed E-state index contributed by atoms with van der Waals surface area (Å²) in [5.41, 5.74) is 2.04. The number of benzene rings is 2. The number of anilines is 1. The monoisotopic (exact) mass is 574 g/mol. The van der Waals surface area contributed by atoms with E-state index < -0.39 is 40.0 Å². The first kappa shape index (κ1) is 30.1. The van der Waals surface area contributed by atoms with Gasteiger partial charge in [0.1, 0.15) is 16.7 Å². The van der Waals surface area contributed by atoms with E-state index >= 15 is 0 Å². The summed E-state index contributed by atoms with van der Waals surface area (Å²) in [6.07, 6.45) is 0.662. The maximum Gasteiger partial charge on any atom is 0.408 e. The lowest BCUT2D eigenvalue weighted by molar-refractivity contribution is -0.124. The molecule has 10 nitrogen and oxygen atoms in total. The molecule has 2 amide bonds. The van der Waals surface area contributed by atoms with Crippen molar-refractivity contribution in [3.63, 3.8) is 0 Å². The fourth-order valence-corrected chi connectivity index (χ4v) is 5.11. The van der Waals surface area contributed by atoms with Crippen LogP contribution in [-0.4, -0.2) is 41.6 Å². The van der Waals surface area contributed by atoms with Crippen molar-refractivity contribution in [2.24, 2.45) is 0 Å². The summed E-state index contributed by atoms with van der Waals surface area (Å²) in [4.78, 5) is 30.9. The molecule has 0 aliphatic rings. The summed E-state index contributed by atoms with van der Waals surface area (Å²) in [5, 5.41) is 8.40. The van der Waals surface area contributed by atoms with Crippen LogP contribution < -0.4 is 15.4 Å². The largest absolute Gasteiger partial charge is 0.444 e. The predicted molar refractivity (Wildman–Crippen MR) is 151 cm³/mol. The molecule has 2 aromatic carbocycles. The second kappa shape index (κ2) is 13.0. The molecule has 0 fully saturated rings. The van der Waals surface area contributed by atoms with Gasteiger partial charge in [0.05, 0.1) is 17.4 Å². The molecule has 0 radical (unpaired) electrons. The van der Waals surface area contributed by atoms with Crippen LogP contribution in [0.5, 0.6) is 0 Å². The normalized spacial score (nSPS) is 13.3. The van der Waals surface area contributed by atoms with E-state index in [-0.39, 0.29) is 12.1 Å². The van der Waals surface area contributed by atoms with Crippen LogP contribution in [0.15, 0.2) is 60.0 Å². The van der Waals surface area contributed by atoms with Crippen LogP contribution in [0, 0.1) is 0 Å². The van der Waals surface area contributed by atoms with Crippen molar-refractivity contribution in [2.45, 2.75) is 64.6 Å². The first-order valence-corrected chi connectivity index (χ1v) is 14.8. The number of hydrogen-bond acceptors (Lipinski definition) is 7. The molecule has 39 heavy (non-hydrogen) atoms. The molecule has 0 aliphatic heterocycles. The Bertz CT molecular complexity index is 1350. The molecule has 0 bridgehead atoms. The Morgan fingerprint density at radius 1 is 1.00 bits per heavy atom. The van der Waals surface area contributed by atoms with Crippen LogP contribution >= 0.6 is 11.3 Å². The average Bonchev–Trinajstić information content (AvgIpc) is 3.32. The highest BCUT2D eigenvalue weighted by Gasteiger charge is 2.28. The van der Waals surface area contributed by atoms with Crippen molar-refractivity contribution in [3.8, 4) is 0 Å². The molecule has 0 spiro atoms. The van der Waals surface area contributed by atoms with Crippen molar-refractivity contribution in [2.75, 3.05) is 4.72 Å². The van der Waals surface area contributed by atoms with Crippen LogP contribution in [0.4, 0.5) is 10.5 Å². The lowest BCUT2D eigenvalue weighted by Crippen LogP contribution is -2.50.